The Labute approximate surface area is 118 Å². The molecule has 0 aliphatic rings. The minimum atomic E-state index is 0.271. The van der Waals surface area contributed by atoms with Crippen molar-refractivity contribution < 1.29 is 0 Å². The maximum Gasteiger partial charge on any atom is 0.0449 e. The molecular formula is C14H21BrClN. The predicted molar refractivity (Wildman–Crippen MR) is 79.8 cm³/mol. The molecule has 0 bridgehead atoms. The van der Waals surface area contributed by atoms with Crippen LogP contribution in [0.3, 0.4) is 0 Å². The van der Waals surface area contributed by atoms with Crippen LogP contribution in [0.25, 0.3) is 0 Å². The molecule has 1 unspecified atom stereocenters. The van der Waals surface area contributed by atoms with Gasteiger partial charge in [-0.15, -0.1) is 0 Å². The highest BCUT2D eigenvalue weighted by molar-refractivity contribution is 9.10. The van der Waals surface area contributed by atoms with Gasteiger partial charge in [-0.25, -0.2) is 0 Å². The monoisotopic (exact) mass is 317 g/mol. The number of benzene rings is 1. The molecule has 0 heterocycles. The van der Waals surface area contributed by atoms with E-state index in [0.717, 1.165) is 35.4 Å². The van der Waals surface area contributed by atoms with E-state index in [4.69, 9.17) is 11.6 Å². The number of nitrogens with one attached hydrogen (secondary N) is 1. The summed E-state index contributed by atoms with van der Waals surface area (Å²) in [5.41, 5.74) is 1.50. The van der Waals surface area contributed by atoms with Crippen LogP contribution in [0, 0.1) is 5.41 Å². The zero-order chi connectivity index (χ0) is 12.9. The molecular weight excluding hydrogens is 298 g/mol. The third-order valence-corrected chi connectivity index (χ3v) is 4.13. The van der Waals surface area contributed by atoms with Gasteiger partial charge in [0, 0.05) is 16.0 Å². The predicted octanol–water partition coefficient (Wildman–Crippen LogP) is 4.67. The van der Waals surface area contributed by atoms with Crippen molar-refractivity contribution in [3.05, 3.63) is 33.3 Å². The van der Waals surface area contributed by atoms with E-state index in [2.05, 4.69) is 54.2 Å². The van der Waals surface area contributed by atoms with Crippen LogP contribution in [0.5, 0.6) is 0 Å². The lowest BCUT2D eigenvalue weighted by atomic mass is 9.81. The molecule has 1 aromatic rings. The highest BCUT2D eigenvalue weighted by Gasteiger charge is 2.23. The second-order valence-corrected chi connectivity index (χ2v) is 6.18. The molecule has 0 saturated heterocycles. The van der Waals surface area contributed by atoms with E-state index in [-0.39, 0.29) is 5.41 Å². The van der Waals surface area contributed by atoms with Crippen molar-refractivity contribution >= 4 is 27.5 Å². The van der Waals surface area contributed by atoms with E-state index in [9.17, 15) is 0 Å². The lowest BCUT2D eigenvalue weighted by molar-refractivity contribution is 0.293. The molecule has 0 aliphatic heterocycles. The van der Waals surface area contributed by atoms with Crippen LogP contribution < -0.4 is 5.32 Å². The zero-order valence-corrected chi connectivity index (χ0v) is 13.2. The smallest absolute Gasteiger partial charge is 0.0449 e. The fourth-order valence-corrected chi connectivity index (χ4v) is 2.60. The number of hydrogen-bond acceptors (Lipinski definition) is 1. The summed E-state index contributed by atoms with van der Waals surface area (Å²) in [7, 11) is 0. The summed E-state index contributed by atoms with van der Waals surface area (Å²) in [6, 6.07) is 6.15. The summed E-state index contributed by atoms with van der Waals surface area (Å²) in [4.78, 5) is 0. The van der Waals surface area contributed by atoms with Gasteiger partial charge in [0.15, 0.2) is 0 Å². The summed E-state index contributed by atoms with van der Waals surface area (Å²) >= 11 is 9.71. The maximum absolute atomic E-state index is 6.28. The van der Waals surface area contributed by atoms with Crippen molar-refractivity contribution in [3.63, 3.8) is 0 Å². The molecule has 1 N–H and O–H groups in total. The Kier molecular flexibility index (Phi) is 5.98. The van der Waals surface area contributed by atoms with E-state index in [0.29, 0.717) is 0 Å². The third-order valence-electron chi connectivity index (χ3n) is 3.29. The molecule has 1 rings (SSSR count). The Morgan fingerprint density at radius 2 is 2.06 bits per heavy atom. The van der Waals surface area contributed by atoms with E-state index >= 15 is 0 Å². The van der Waals surface area contributed by atoms with Crippen molar-refractivity contribution in [3.8, 4) is 0 Å². The summed E-state index contributed by atoms with van der Waals surface area (Å²) < 4.78 is 1.04. The first kappa shape index (κ1) is 15.0. The zero-order valence-electron chi connectivity index (χ0n) is 10.8. The Hall–Kier alpha value is -0.0500. The summed E-state index contributed by atoms with van der Waals surface area (Å²) in [5.74, 6) is 0. The van der Waals surface area contributed by atoms with E-state index in [1.54, 1.807) is 0 Å². The van der Waals surface area contributed by atoms with Gasteiger partial charge in [0.1, 0.15) is 0 Å². The van der Waals surface area contributed by atoms with Crippen LogP contribution in [-0.4, -0.2) is 13.1 Å². The Morgan fingerprint density at radius 3 is 2.59 bits per heavy atom. The lowest BCUT2D eigenvalue weighted by Crippen LogP contribution is -2.33. The van der Waals surface area contributed by atoms with Gasteiger partial charge in [-0.2, -0.15) is 0 Å². The fraction of sp³-hybridized carbons (Fsp3) is 0.571. The molecule has 0 aromatic heterocycles. The first-order valence-electron chi connectivity index (χ1n) is 6.15. The maximum atomic E-state index is 6.28. The lowest BCUT2D eigenvalue weighted by Gasteiger charge is -2.29. The van der Waals surface area contributed by atoms with Crippen molar-refractivity contribution in [1.82, 2.24) is 5.32 Å². The Balaban J connectivity index is 2.79. The van der Waals surface area contributed by atoms with Crippen molar-refractivity contribution in [1.29, 1.82) is 0 Å². The van der Waals surface area contributed by atoms with Gasteiger partial charge < -0.3 is 5.32 Å². The first-order chi connectivity index (χ1) is 8.00. The minimum Gasteiger partial charge on any atom is -0.316 e. The number of hydrogen-bond donors (Lipinski definition) is 1. The Morgan fingerprint density at radius 1 is 1.35 bits per heavy atom. The van der Waals surface area contributed by atoms with Crippen LogP contribution in [-0.2, 0) is 6.42 Å². The molecule has 96 valence electrons. The normalized spacial score (nSPS) is 14.6. The van der Waals surface area contributed by atoms with E-state index in [1.807, 2.05) is 6.07 Å². The summed E-state index contributed by atoms with van der Waals surface area (Å²) in [6.07, 6.45) is 2.16. The number of rotatable bonds is 6. The second-order valence-electron chi connectivity index (χ2n) is 4.86. The van der Waals surface area contributed by atoms with Crippen LogP contribution >= 0.6 is 27.5 Å². The molecule has 17 heavy (non-hydrogen) atoms. The first-order valence-corrected chi connectivity index (χ1v) is 7.32. The van der Waals surface area contributed by atoms with Crippen molar-refractivity contribution in [2.45, 2.75) is 33.6 Å². The molecule has 0 fully saturated rings. The average molecular weight is 319 g/mol. The topological polar surface area (TPSA) is 12.0 Å². The summed E-state index contributed by atoms with van der Waals surface area (Å²) in [5, 5.41) is 4.30. The van der Waals surface area contributed by atoms with Gasteiger partial charge in [0.25, 0.3) is 0 Å². The van der Waals surface area contributed by atoms with Crippen LogP contribution in [0.15, 0.2) is 22.7 Å². The second kappa shape index (κ2) is 6.77. The standard InChI is InChI=1S/C14H21BrClN/c1-4-14(3,10-17-5-2)9-11-6-7-12(15)8-13(11)16/h6-8,17H,4-5,9-10H2,1-3H3. The molecule has 1 nitrogen and oxygen atoms in total. The van der Waals surface area contributed by atoms with Crippen molar-refractivity contribution in [2.24, 2.45) is 5.41 Å². The summed E-state index contributed by atoms with van der Waals surface area (Å²) in [6.45, 7) is 8.75. The number of halogens is 2. The van der Waals surface area contributed by atoms with Crippen molar-refractivity contribution in [2.75, 3.05) is 13.1 Å². The SMILES string of the molecule is CCNCC(C)(CC)Cc1ccc(Br)cc1Cl. The van der Waals surface area contributed by atoms with Gasteiger partial charge in [0.2, 0.25) is 0 Å². The quantitative estimate of drug-likeness (QED) is 0.803. The minimum absolute atomic E-state index is 0.271. The average Bonchev–Trinajstić information content (AvgIpc) is 2.30. The largest absolute Gasteiger partial charge is 0.316 e. The molecule has 0 amide bonds. The molecule has 3 heteroatoms. The molecule has 1 atom stereocenters. The highest BCUT2D eigenvalue weighted by atomic mass is 79.9. The van der Waals surface area contributed by atoms with Crippen LogP contribution in [0.1, 0.15) is 32.8 Å². The Bertz CT molecular complexity index is 367. The van der Waals surface area contributed by atoms with Gasteiger partial charge in [0.05, 0.1) is 0 Å². The van der Waals surface area contributed by atoms with Crippen LogP contribution in [0.2, 0.25) is 5.02 Å². The molecule has 0 spiro atoms. The van der Waals surface area contributed by atoms with Gasteiger partial charge in [-0.3, -0.25) is 0 Å². The van der Waals surface area contributed by atoms with E-state index in [1.165, 1.54) is 5.56 Å². The van der Waals surface area contributed by atoms with Gasteiger partial charge in [-0.1, -0.05) is 54.4 Å². The van der Waals surface area contributed by atoms with Gasteiger partial charge >= 0.3 is 0 Å². The van der Waals surface area contributed by atoms with E-state index < -0.39 is 0 Å². The molecule has 1 aromatic carbocycles. The molecule has 0 saturated carbocycles. The molecule has 0 aliphatic carbocycles. The highest BCUT2D eigenvalue weighted by Crippen LogP contribution is 2.30. The fourth-order valence-electron chi connectivity index (χ4n) is 1.86. The van der Waals surface area contributed by atoms with Crippen LogP contribution in [0.4, 0.5) is 0 Å². The molecule has 0 radical (unpaired) electrons. The van der Waals surface area contributed by atoms with Gasteiger partial charge in [-0.05, 0) is 42.5 Å². The third kappa shape index (κ3) is 4.61.